The van der Waals surface area contributed by atoms with Gasteiger partial charge >= 0.3 is 5.97 Å². The maximum atomic E-state index is 12.7. The fraction of sp³-hybridized carbons (Fsp3) is 0.444. The summed E-state index contributed by atoms with van der Waals surface area (Å²) in [6.45, 7) is 7.84. The molecule has 2 aromatic heterocycles. The average Bonchev–Trinajstić information content (AvgIpc) is 3.29. The largest absolute Gasteiger partial charge is 0.465 e. The van der Waals surface area contributed by atoms with Gasteiger partial charge in [0.2, 0.25) is 11.9 Å². The molecule has 2 fully saturated rings. The van der Waals surface area contributed by atoms with Crippen LogP contribution in [0, 0.1) is 18.3 Å². The van der Waals surface area contributed by atoms with E-state index in [1.165, 1.54) is 7.11 Å². The summed E-state index contributed by atoms with van der Waals surface area (Å²) < 4.78 is 6.75. The van der Waals surface area contributed by atoms with Crippen molar-refractivity contribution in [1.29, 1.82) is 0 Å². The average molecular weight is 489 g/mol. The predicted molar refractivity (Wildman–Crippen MR) is 136 cm³/mol. The van der Waals surface area contributed by atoms with Crippen molar-refractivity contribution in [2.45, 2.75) is 46.1 Å². The van der Waals surface area contributed by atoms with Crippen molar-refractivity contribution < 1.29 is 14.3 Å². The van der Waals surface area contributed by atoms with Gasteiger partial charge in [-0.3, -0.25) is 9.48 Å². The molecule has 9 nitrogen and oxygen atoms in total. The molecule has 9 heteroatoms. The van der Waals surface area contributed by atoms with Gasteiger partial charge in [-0.25, -0.2) is 14.8 Å². The van der Waals surface area contributed by atoms with Gasteiger partial charge in [-0.2, -0.15) is 5.10 Å². The highest BCUT2D eigenvalue weighted by Crippen LogP contribution is 2.52. The number of amides is 1. The number of benzene rings is 1. The third kappa shape index (κ3) is 4.82. The van der Waals surface area contributed by atoms with Crippen LogP contribution in [0.2, 0.25) is 0 Å². The fourth-order valence-electron chi connectivity index (χ4n) is 4.87. The number of piperidine rings is 1. The highest BCUT2D eigenvalue weighted by molar-refractivity contribution is 5.90. The van der Waals surface area contributed by atoms with Crippen LogP contribution in [-0.4, -0.2) is 56.7 Å². The molecule has 1 aliphatic carbocycles. The van der Waals surface area contributed by atoms with Crippen molar-refractivity contribution in [3.8, 4) is 11.3 Å². The summed E-state index contributed by atoms with van der Waals surface area (Å²) in [6, 6.07) is 7.42. The smallest absolute Gasteiger partial charge is 0.337 e. The molecule has 1 saturated heterocycles. The number of rotatable bonds is 6. The number of aryl methyl sites for hydroxylation is 1. The molecule has 1 aliphatic heterocycles. The third-order valence-corrected chi connectivity index (χ3v) is 7.37. The van der Waals surface area contributed by atoms with Crippen LogP contribution in [-0.2, 0) is 9.53 Å². The van der Waals surface area contributed by atoms with Gasteiger partial charge in [0, 0.05) is 37.0 Å². The molecule has 1 aromatic carbocycles. The van der Waals surface area contributed by atoms with Crippen LogP contribution < -0.4 is 5.32 Å². The minimum atomic E-state index is -0.371. The topological polar surface area (TPSA) is 102 Å². The second kappa shape index (κ2) is 9.37. The number of ether oxygens (including phenoxy) is 1. The molecule has 36 heavy (non-hydrogen) atoms. The van der Waals surface area contributed by atoms with Crippen LogP contribution in [0.4, 0.5) is 11.6 Å². The number of carbonyl (C=O) groups is 2. The molecule has 1 N–H and O–H groups in total. The van der Waals surface area contributed by atoms with Crippen molar-refractivity contribution in [3.63, 3.8) is 0 Å². The second-order valence-corrected chi connectivity index (χ2v) is 10.4. The van der Waals surface area contributed by atoms with Gasteiger partial charge in [0.15, 0.2) is 0 Å². The lowest BCUT2D eigenvalue weighted by atomic mass is 10.0. The predicted octanol–water partition coefficient (Wildman–Crippen LogP) is 4.39. The molecule has 1 saturated carbocycles. The molecular formula is C27H32N6O3. The fourth-order valence-corrected chi connectivity index (χ4v) is 4.87. The third-order valence-electron chi connectivity index (χ3n) is 7.37. The normalized spacial score (nSPS) is 19.1. The van der Waals surface area contributed by atoms with Gasteiger partial charge in [-0.15, -0.1) is 0 Å². The summed E-state index contributed by atoms with van der Waals surface area (Å²) in [7, 11) is 1.37. The summed E-state index contributed by atoms with van der Waals surface area (Å²) in [4.78, 5) is 35.6. The van der Waals surface area contributed by atoms with Crippen molar-refractivity contribution in [3.05, 3.63) is 54.0 Å². The van der Waals surface area contributed by atoms with Gasteiger partial charge in [-0.05, 0) is 49.3 Å². The zero-order valence-electron chi connectivity index (χ0n) is 21.2. The Labute approximate surface area is 210 Å². The Balaban J connectivity index is 1.22. The van der Waals surface area contributed by atoms with E-state index in [1.54, 1.807) is 24.5 Å². The highest BCUT2D eigenvalue weighted by atomic mass is 16.5. The lowest BCUT2D eigenvalue weighted by Crippen LogP contribution is -2.40. The molecule has 188 valence electrons. The molecule has 0 radical (unpaired) electrons. The Bertz CT molecular complexity index is 1270. The number of hydrogen-bond donors (Lipinski definition) is 1. The number of esters is 1. The van der Waals surface area contributed by atoms with Crippen LogP contribution in [0.3, 0.4) is 0 Å². The minimum absolute atomic E-state index is 0.168. The van der Waals surface area contributed by atoms with E-state index < -0.39 is 0 Å². The number of hydrogen-bond acceptors (Lipinski definition) is 7. The first kappa shape index (κ1) is 24.0. The number of nitrogens with zero attached hydrogens (tertiary/aromatic N) is 5. The van der Waals surface area contributed by atoms with Crippen LogP contribution in [0.5, 0.6) is 0 Å². The van der Waals surface area contributed by atoms with E-state index >= 15 is 0 Å². The van der Waals surface area contributed by atoms with E-state index in [0.29, 0.717) is 17.4 Å². The first-order valence-electron chi connectivity index (χ1n) is 12.4. The monoisotopic (exact) mass is 488 g/mol. The van der Waals surface area contributed by atoms with Crippen LogP contribution >= 0.6 is 0 Å². The summed E-state index contributed by atoms with van der Waals surface area (Å²) in [5.74, 6) is 0.609. The van der Waals surface area contributed by atoms with Crippen molar-refractivity contribution in [2.75, 3.05) is 25.5 Å². The van der Waals surface area contributed by atoms with Gasteiger partial charge in [0.05, 0.1) is 36.3 Å². The molecule has 2 aliphatic rings. The van der Waals surface area contributed by atoms with E-state index in [1.807, 2.05) is 34.8 Å². The summed E-state index contributed by atoms with van der Waals surface area (Å²) in [6.07, 6.45) is 8.32. The number of methoxy groups -OCH3 is 1. The quantitative estimate of drug-likeness (QED) is 0.514. The summed E-state index contributed by atoms with van der Waals surface area (Å²) in [5.41, 5.74) is 4.07. The minimum Gasteiger partial charge on any atom is -0.465 e. The Morgan fingerprint density at radius 1 is 1.11 bits per heavy atom. The number of aromatic nitrogens is 4. The maximum absolute atomic E-state index is 12.7. The van der Waals surface area contributed by atoms with Crippen molar-refractivity contribution in [1.82, 2.24) is 24.6 Å². The number of nitrogens with one attached hydrogen (secondary N) is 1. The molecular weight excluding hydrogens is 456 g/mol. The van der Waals surface area contributed by atoms with Gasteiger partial charge in [0.1, 0.15) is 0 Å². The molecule has 5 rings (SSSR count). The first-order valence-corrected chi connectivity index (χ1v) is 12.4. The van der Waals surface area contributed by atoms with Crippen LogP contribution in [0.1, 0.15) is 55.1 Å². The molecule has 0 bridgehead atoms. The zero-order chi connectivity index (χ0) is 25.4. The number of likely N-dealkylation sites (tertiary alicyclic amines) is 1. The Morgan fingerprint density at radius 2 is 1.81 bits per heavy atom. The van der Waals surface area contributed by atoms with Gasteiger partial charge < -0.3 is 15.0 Å². The standard InChI is InChI=1S/C27H32N6O3/c1-17-14-28-26(31-23(17)18-5-7-19(8-6-18)25(35)36-4)30-20-15-29-33(16-20)21-9-11-32(12-10-21)24(34)22-13-27(22,2)3/h5-8,14-16,21-22H,9-13H2,1-4H3,(H,28,30,31). The van der Waals surface area contributed by atoms with Gasteiger partial charge in [0.25, 0.3) is 0 Å². The number of anilines is 2. The molecule has 3 aromatic rings. The molecule has 1 atom stereocenters. The van der Waals surface area contributed by atoms with Crippen molar-refractivity contribution in [2.24, 2.45) is 11.3 Å². The lowest BCUT2D eigenvalue weighted by Gasteiger charge is -2.32. The Hall–Kier alpha value is -3.75. The molecule has 3 heterocycles. The summed E-state index contributed by atoms with van der Waals surface area (Å²) in [5, 5.41) is 7.81. The van der Waals surface area contributed by atoms with Crippen molar-refractivity contribution >= 4 is 23.5 Å². The zero-order valence-corrected chi connectivity index (χ0v) is 21.2. The van der Waals surface area contributed by atoms with E-state index in [4.69, 9.17) is 9.72 Å². The van der Waals surface area contributed by atoms with E-state index in [9.17, 15) is 9.59 Å². The van der Waals surface area contributed by atoms with E-state index in [2.05, 4.69) is 29.2 Å². The van der Waals surface area contributed by atoms with Crippen LogP contribution in [0.25, 0.3) is 11.3 Å². The molecule has 1 amide bonds. The Kier molecular flexibility index (Phi) is 6.24. The molecule has 1 unspecified atom stereocenters. The maximum Gasteiger partial charge on any atom is 0.337 e. The first-order chi connectivity index (χ1) is 17.2. The Morgan fingerprint density at radius 3 is 2.44 bits per heavy atom. The van der Waals surface area contributed by atoms with Gasteiger partial charge in [-0.1, -0.05) is 26.0 Å². The second-order valence-electron chi connectivity index (χ2n) is 10.4. The molecule has 0 spiro atoms. The lowest BCUT2D eigenvalue weighted by molar-refractivity contribution is -0.134. The SMILES string of the molecule is COC(=O)c1ccc(-c2nc(Nc3cnn(C4CCN(C(=O)C5CC5(C)C)CC4)c3)ncc2C)cc1. The van der Waals surface area contributed by atoms with E-state index in [-0.39, 0.29) is 23.3 Å². The highest BCUT2D eigenvalue weighted by Gasteiger charge is 2.52. The number of carbonyl (C=O) groups excluding carboxylic acids is 2. The van der Waals surface area contributed by atoms with Crippen LogP contribution in [0.15, 0.2) is 42.9 Å². The summed E-state index contributed by atoms with van der Waals surface area (Å²) >= 11 is 0. The van der Waals surface area contributed by atoms with E-state index in [0.717, 1.165) is 54.9 Å².